The molecular weight excluding hydrogens is 418 g/mol. The van der Waals surface area contributed by atoms with E-state index in [0.29, 0.717) is 6.42 Å². The Hall–Kier alpha value is -2.00. The Morgan fingerprint density at radius 3 is 2.90 bits per heavy atom. The topological polar surface area (TPSA) is 61.9 Å². The SMILES string of the molecule is COc1cccc(CC=CCS(=O)(=O)C2C=C3C(=CC=CN3N3CCNCC3)S2)c1. The Balaban J connectivity index is 1.40. The number of thioether (sulfide) groups is 1. The molecule has 1 N–H and O–H groups in total. The first-order chi connectivity index (χ1) is 14.6. The molecule has 1 aromatic rings. The van der Waals surface area contributed by atoms with Crippen molar-refractivity contribution < 1.29 is 13.2 Å². The van der Waals surface area contributed by atoms with Crippen molar-refractivity contribution in [2.45, 2.75) is 11.0 Å². The van der Waals surface area contributed by atoms with Crippen LogP contribution in [0.1, 0.15) is 5.56 Å². The minimum atomic E-state index is -3.29. The van der Waals surface area contributed by atoms with Crippen LogP contribution in [0.5, 0.6) is 5.75 Å². The van der Waals surface area contributed by atoms with E-state index in [9.17, 15) is 8.42 Å². The molecule has 1 aromatic carbocycles. The number of piperazine rings is 1. The molecule has 3 aliphatic heterocycles. The number of hydrogen-bond donors (Lipinski definition) is 1. The third-order valence-electron chi connectivity index (χ3n) is 5.25. The van der Waals surface area contributed by atoms with Gasteiger partial charge < -0.3 is 10.1 Å². The van der Waals surface area contributed by atoms with Gasteiger partial charge in [-0.05, 0) is 42.3 Å². The summed E-state index contributed by atoms with van der Waals surface area (Å²) in [6.45, 7) is 3.68. The van der Waals surface area contributed by atoms with Crippen molar-refractivity contribution in [3.8, 4) is 5.75 Å². The van der Waals surface area contributed by atoms with Crippen LogP contribution < -0.4 is 10.1 Å². The molecule has 3 heterocycles. The van der Waals surface area contributed by atoms with Gasteiger partial charge in [0.15, 0.2) is 9.84 Å². The molecular formula is C22H27N3O3S2. The lowest BCUT2D eigenvalue weighted by Gasteiger charge is -2.38. The van der Waals surface area contributed by atoms with Crippen LogP contribution in [0.15, 0.2) is 71.4 Å². The average molecular weight is 446 g/mol. The van der Waals surface area contributed by atoms with Crippen molar-refractivity contribution >= 4 is 21.6 Å². The summed E-state index contributed by atoms with van der Waals surface area (Å²) in [4.78, 5) is 1.02. The second-order valence-corrected chi connectivity index (χ2v) is 11.0. The summed E-state index contributed by atoms with van der Waals surface area (Å²) in [5, 5.41) is 7.72. The predicted molar refractivity (Wildman–Crippen MR) is 123 cm³/mol. The maximum absolute atomic E-state index is 12.9. The molecule has 1 fully saturated rings. The van der Waals surface area contributed by atoms with E-state index < -0.39 is 14.4 Å². The zero-order valence-electron chi connectivity index (χ0n) is 17.0. The number of hydrogen-bond acceptors (Lipinski definition) is 7. The second-order valence-electron chi connectivity index (χ2n) is 7.32. The van der Waals surface area contributed by atoms with Gasteiger partial charge in [0.25, 0.3) is 0 Å². The van der Waals surface area contributed by atoms with E-state index in [4.69, 9.17) is 4.74 Å². The van der Waals surface area contributed by atoms with E-state index in [1.165, 1.54) is 11.8 Å². The summed E-state index contributed by atoms with van der Waals surface area (Å²) in [5.74, 6) is 0.841. The van der Waals surface area contributed by atoms with Gasteiger partial charge in [0, 0.05) is 37.3 Å². The van der Waals surface area contributed by atoms with Crippen LogP contribution in [0.3, 0.4) is 0 Å². The normalized spacial score (nSPS) is 22.2. The van der Waals surface area contributed by atoms with Crippen molar-refractivity contribution in [1.29, 1.82) is 0 Å². The first-order valence-corrected chi connectivity index (χ1v) is 12.7. The van der Waals surface area contributed by atoms with Crippen molar-refractivity contribution in [1.82, 2.24) is 15.3 Å². The molecule has 0 amide bonds. The molecule has 0 aliphatic carbocycles. The minimum absolute atomic E-state index is 0.0345. The standard InChI is InChI=1S/C22H27N3O3S2/c1-28-19-8-4-7-18(16-19)6-2-3-15-30(26,27)22-17-20-21(29-22)9-5-12-25(20)24-13-10-23-11-14-24/h2-5,7-9,12,16-17,22-23H,6,10-11,13-15H2,1H3. The van der Waals surface area contributed by atoms with Crippen LogP contribution in [0.25, 0.3) is 0 Å². The molecule has 30 heavy (non-hydrogen) atoms. The molecule has 160 valence electrons. The number of fused-ring (bicyclic) bond motifs is 1. The van der Waals surface area contributed by atoms with E-state index in [1.807, 2.05) is 54.8 Å². The third kappa shape index (κ3) is 4.83. The number of nitrogens with zero attached hydrogens (tertiary/aromatic N) is 2. The van der Waals surface area contributed by atoms with E-state index in [1.54, 1.807) is 13.2 Å². The number of hydrazine groups is 1. The molecule has 1 unspecified atom stereocenters. The fraction of sp³-hybridized carbons (Fsp3) is 0.364. The van der Waals surface area contributed by atoms with Gasteiger partial charge in [-0.2, -0.15) is 0 Å². The molecule has 0 radical (unpaired) electrons. The summed E-state index contributed by atoms with van der Waals surface area (Å²) < 4.78 is 30.6. The Morgan fingerprint density at radius 2 is 2.10 bits per heavy atom. The molecule has 6 nitrogen and oxygen atoms in total. The van der Waals surface area contributed by atoms with Crippen LogP contribution in [0, 0.1) is 0 Å². The summed E-state index contributed by atoms with van der Waals surface area (Å²) in [6, 6.07) is 7.81. The van der Waals surface area contributed by atoms with Crippen LogP contribution in [-0.2, 0) is 16.3 Å². The number of methoxy groups -OCH3 is 1. The molecule has 3 aliphatic rings. The predicted octanol–water partition coefficient (Wildman–Crippen LogP) is 2.70. The average Bonchev–Trinajstić information content (AvgIpc) is 3.23. The second kappa shape index (κ2) is 9.43. The highest BCUT2D eigenvalue weighted by Crippen LogP contribution is 2.43. The maximum atomic E-state index is 12.9. The van der Waals surface area contributed by atoms with Gasteiger partial charge in [0.1, 0.15) is 10.3 Å². The van der Waals surface area contributed by atoms with Crippen molar-refractivity contribution in [3.63, 3.8) is 0 Å². The Kier molecular flexibility index (Phi) is 6.67. The fourth-order valence-corrected chi connectivity index (χ4v) is 6.59. The summed E-state index contributed by atoms with van der Waals surface area (Å²) in [5.41, 5.74) is 2.08. The molecule has 8 heteroatoms. The maximum Gasteiger partial charge on any atom is 0.170 e. The van der Waals surface area contributed by atoms with Crippen LogP contribution >= 0.6 is 11.8 Å². The van der Waals surface area contributed by atoms with Gasteiger partial charge >= 0.3 is 0 Å². The summed E-state index contributed by atoms with van der Waals surface area (Å²) >= 11 is 1.42. The number of ether oxygens (including phenoxy) is 1. The van der Waals surface area contributed by atoms with E-state index >= 15 is 0 Å². The molecule has 0 bridgehead atoms. The Morgan fingerprint density at radius 1 is 1.27 bits per heavy atom. The lowest BCUT2D eigenvalue weighted by molar-refractivity contribution is 0.0441. The largest absolute Gasteiger partial charge is 0.497 e. The molecule has 0 spiro atoms. The lowest BCUT2D eigenvalue weighted by atomic mass is 10.1. The Bertz CT molecular complexity index is 993. The highest BCUT2D eigenvalue weighted by atomic mass is 32.3. The van der Waals surface area contributed by atoms with E-state index in [0.717, 1.165) is 48.1 Å². The zero-order valence-corrected chi connectivity index (χ0v) is 18.7. The highest BCUT2D eigenvalue weighted by molar-refractivity contribution is 8.16. The van der Waals surface area contributed by atoms with E-state index in [2.05, 4.69) is 15.3 Å². The number of benzene rings is 1. The minimum Gasteiger partial charge on any atom is -0.497 e. The molecule has 0 saturated carbocycles. The van der Waals surface area contributed by atoms with Gasteiger partial charge in [-0.3, -0.25) is 5.01 Å². The van der Waals surface area contributed by atoms with Gasteiger partial charge in [0.05, 0.1) is 18.6 Å². The van der Waals surface area contributed by atoms with Crippen LogP contribution in [0.4, 0.5) is 0 Å². The van der Waals surface area contributed by atoms with Crippen molar-refractivity contribution in [2.75, 3.05) is 39.0 Å². The monoisotopic (exact) mass is 445 g/mol. The van der Waals surface area contributed by atoms with Crippen molar-refractivity contribution in [2.24, 2.45) is 0 Å². The Labute approximate surface area is 182 Å². The molecule has 1 saturated heterocycles. The van der Waals surface area contributed by atoms with Gasteiger partial charge in [-0.25, -0.2) is 13.4 Å². The number of sulfone groups is 1. The number of nitrogens with one attached hydrogen (secondary N) is 1. The highest BCUT2D eigenvalue weighted by Gasteiger charge is 2.35. The fourth-order valence-electron chi connectivity index (χ4n) is 3.64. The van der Waals surface area contributed by atoms with Crippen LogP contribution in [-0.4, -0.2) is 62.1 Å². The lowest BCUT2D eigenvalue weighted by Crippen LogP contribution is -2.50. The molecule has 1 atom stereocenters. The zero-order chi connectivity index (χ0) is 21.0. The third-order valence-corrected chi connectivity index (χ3v) is 8.88. The summed E-state index contributed by atoms with van der Waals surface area (Å²) in [7, 11) is -1.65. The smallest absolute Gasteiger partial charge is 0.170 e. The molecule has 0 aromatic heterocycles. The quantitative estimate of drug-likeness (QED) is 0.648. The van der Waals surface area contributed by atoms with Crippen molar-refractivity contribution in [3.05, 3.63) is 77.0 Å². The van der Waals surface area contributed by atoms with E-state index in [-0.39, 0.29) is 5.75 Å². The van der Waals surface area contributed by atoms with Gasteiger partial charge in [-0.15, -0.1) is 0 Å². The summed E-state index contributed by atoms with van der Waals surface area (Å²) in [6.07, 6.45) is 12.3. The first-order valence-electron chi connectivity index (χ1n) is 10.1. The first kappa shape index (κ1) is 21.2. The van der Waals surface area contributed by atoms with Gasteiger partial charge in [0.2, 0.25) is 0 Å². The molecule has 4 rings (SSSR count). The number of allylic oxidation sites excluding steroid dienone is 3. The van der Waals surface area contributed by atoms with Gasteiger partial charge in [-0.1, -0.05) is 36.0 Å². The number of rotatable bonds is 7. The van der Waals surface area contributed by atoms with Crippen LogP contribution in [0.2, 0.25) is 0 Å².